The van der Waals surface area contributed by atoms with Crippen molar-refractivity contribution in [2.24, 2.45) is 0 Å². The van der Waals surface area contributed by atoms with Crippen molar-refractivity contribution >= 4 is 17.2 Å². The number of thiophene rings is 1. The molecule has 0 aliphatic carbocycles. The average Bonchev–Trinajstić information content (AvgIpc) is 3.14. The Kier molecular flexibility index (Phi) is 5.22. The smallest absolute Gasteiger partial charge is 0.267 e. The number of benzene rings is 1. The first kappa shape index (κ1) is 17.9. The Morgan fingerprint density at radius 2 is 2.08 bits per heavy atom. The fraction of sp³-hybridized carbons (Fsp3) is 0.167. The van der Waals surface area contributed by atoms with Gasteiger partial charge in [-0.2, -0.15) is 5.10 Å². The second-order valence-corrected chi connectivity index (χ2v) is 6.61. The van der Waals surface area contributed by atoms with Crippen molar-refractivity contribution in [1.82, 2.24) is 15.1 Å². The van der Waals surface area contributed by atoms with Crippen molar-refractivity contribution in [3.8, 4) is 10.6 Å². The fourth-order valence-corrected chi connectivity index (χ4v) is 3.08. The molecule has 3 rings (SSSR count). The molecule has 2 aromatic heterocycles. The molecule has 0 saturated carbocycles. The van der Waals surface area contributed by atoms with Crippen LogP contribution in [0.25, 0.3) is 10.6 Å². The Balaban J connectivity index is 1.74. The molecule has 1 unspecified atom stereocenters. The first-order valence-corrected chi connectivity index (χ1v) is 8.70. The lowest BCUT2D eigenvalue weighted by atomic mass is 10.2. The number of hydrogen-bond acceptors (Lipinski definition) is 4. The maximum Gasteiger partial charge on any atom is 0.267 e. The van der Waals surface area contributed by atoms with E-state index >= 15 is 0 Å². The quantitative estimate of drug-likeness (QED) is 0.745. The van der Waals surface area contributed by atoms with E-state index in [2.05, 4.69) is 10.4 Å². The van der Waals surface area contributed by atoms with Crippen LogP contribution >= 0.6 is 11.3 Å². The van der Waals surface area contributed by atoms with Gasteiger partial charge < -0.3 is 5.32 Å². The summed E-state index contributed by atoms with van der Waals surface area (Å²) in [7, 11) is 0. The predicted octanol–water partition coefficient (Wildman–Crippen LogP) is 3.24. The van der Waals surface area contributed by atoms with Gasteiger partial charge in [0.1, 0.15) is 17.3 Å². The molecule has 2 heterocycles. The lowest BCUT2D eigenvalue weighted by Gasteiger charge is -2.15. The third-order valence-electron chi connectivity index (χ3n) is 3.75. The predicted molar refractivity (Wildman–Crippen MR) is 95.2 cm³/mol. The second-order valence-electron chi connectivity index (χ2n) is 5.66. The summed E-state index contributed by atoms with van der Waals surface area (Å²) in [4.78, 5) is 25.1. The Bertz CT molecular complexity index is 986. The summed E-state index contributed by atoms with van der Waals surface area (Å²) in [5.74, 6) is -2.38. The average molecular weight is 375 g/mol. The van der Waals surface area contributed by atoms with Crippen LogP contribution in [0.2, 0.25) is 0 Å². The van der Waals surface area contributed by atoms with Gasteiger partial charge >= 0.3 is 0 Å². The topological polar surface area (TPSA) is 64.0 Å². The molecule has 0 aliphatic heterocycles. The fourth-order valence-electron chi connectivity index (χ4n) is 2.39. The maximum absolute atomic E-state index is 13.7. The maximum atomic E-state index is 13.7. The van der Waals surface area contributed by atoms with E-state index in [4.69, 9.17) is 0 Å². The molecule has 0 aliphatic rings. The Hall–Kier alpha value is -2.87. The first-order valence-electron chi connectivity index (χ1n) is 7.82. The van der Waals surface area contributed by atoms with Crippen molar-refractivity contribution < 1.29 is 13.6 Å². The molecule has 0 bridgehead atoms. The molecule has 0 fully saturated rings. The molecule has 1 N–H and O–H groups in total. The zero-order valence-corrected chi connectivity index (χ0v) is 14.6. The van der Waals surface area contributed by atoms with Gasteiger partial charge in [0.2, 0.25) is 0 Å². The highest BCUT2D eigenvalue weighted by Crippen LogP contribution is 2.21. The Morgan fingerprint density at radius 3 is 2.77 bits per heavy atom. The molecule has 26 heavy (non-hydrogen) atoms. The van der Waals surface area contributed by atoms with E-state index in [1.165, 1.54) is 22.1 Å². The summed E-state index contributed by atoms with van der Waals surface area (Å²) in [5.41, 5.74) is 0.0913. The van der Waals surface area contributed by atoms with E-state index < -0.39 is 23.6 Å². The van der Waals surface area contributed by atoms with Crippen molar-refractivity contribution in [2.45, 2.75) is 13.0 Å². The van der Waals surface area contributed by atoms with Crippen LogP contribution in [0, 0.1) is 11.6 Å². The van der Waals surface area contributed by atoms with Crippen molar-refractivity contribution in [2.75, 3.05) is 6.54 Å². The highest BCUT2D eigenvalue weighted by molar-refractivity contribution is 7.13. The normalized spacial score (nSPS) is 12.0. The number of hydrogen-bond donors (Lipinski definition) is 1. The molecule has 1 amide bonds. The minimum Gasteiger partial charge on any atom is -0.350 e. The van der Waals surface area contributed by atoms with E-state index in [-0.39, 0.29) is 17.7 Å². The number of halogens is 2. The summed E-state index contributed by atoms with van der Waals surface area (Å²) in [6.07, 6.45) is 0. The molecule has 134 valence electrons. The Morgan fingerprint density at radius 1 is 1.27 bits per heavy atom. The number of amides is 1. The van der Waals surface area contributed by atoms with Crippen LogP contribution in [-0.2, 0) is 0 Å². The van der Waals surface area contributed by atoms with Crippen molar-refractivity contribution in [3.05, 3.63) is 75.4 Å². The highest BCUT2D eigenvalue weighted by Gasteiger charge is 2.15. The van der Waals surface area contributed by atoms with Gasteiger partial charge in [-0.25, -0.2) is 13.5 Å². The van der Waals surface area contributed by atoms with Gasteiger partial charge in [-0.05, 0) is 36.6 Å². The SMILES string of the molecule is CC(CNC(=O)c1ccc(F)cc1F)n1nc(-c2cccs2)ccc1=O. The minimum atomic E-state index is -0.940. The number of carbonyl (C=O) groups excluding carboxylic acids is 1. The molecule has 1 aromatic carbocycles. The van der Waals surface area contributed by atoms with Crippen molar-refractivity contribution in [3.63, 3.8) is 0 Å². The minimum absolute atomic E-state index is 0.0659. The van der Waals surface area contributed by atoms with E-state index in [0.29, 0.717) is 11.8 Å². The van der Waals surface area contributed by atoms with Gasteiger partial charge in [-0.3, -0.25) is 9.59 Å². The van der Waals surface area contributed by atoms with E-state index in [0.717, 1.165) is 17.0 Å². The molecular weight excluding hydrogens is 360 g/mol. The first-order chi connectivity index (χ1) is 12.5. The van der Waals surface area contributed by atoms with E-state index in [9.17, 15) is 18.4 Å². The third-order valence-corrected chi connectivity index (χ3v) is 4.64. The molecule has 1 atom stereocenters. The van der Waals surface area contributed by atoms with Crippen LogP contribution in [0.3, 0.4) is 0 Å². The summed E-state index contributed by atoms with van der Waals surface area (Å²) in [5, 5.41) is 8.78. The number of rotatable bonds is 5. The van der Waals surface area contributed by atoms with Gasteiger partial charge in [0, 0.05) is 18.7 Å². The van der Waals surface area contributed by atoms with E-state index in [1.54, 1.807) is 13.0 Å². The molecule has 5 nitrogen and oxygen atoms in total. The number of carbonyl (C=O) groups is 1. The van der Waals surface area contributed by atoms with Crippen LogP contribution in [0.5, 0.6) is 0 Å². The van der Waals surface area contributed by atoms with Crippen molar-refractivity contribution in [1.29, 1.82) is 0 Å². The zero-order valence-electron chi connectivity index (χ0n) is 13.8. The monoisotopic (exact) mass is 375 g/mol. The zero-order chi connectivity index (χ0) is 18.7. The van der Waals surface area contributed by atoms with Gasteiger partial charge in [0.15, 0.2) is 0 Å². The van der Waals surface area contributed by atoms with Crippen LogP contribution in [-0.4, -0.2) is 22.2 Å². The molecule has 8 heteroatoms. The van der Waals surface area contributed by atoms with Gasteiger partial charge in [-0.15, -0.1) is 11.3 Å². The van der Waals surface area contributed by atoms with Gasteiger partial charge in [0.25, 0.3) is 11.5 Å². The molecule has 0 spiro atoms. The summed E-state index contributed by atoms with van der Waals surface area (Å²) < 4.78 is 27.9. The molecule has 3 aromatic rings. The van der Waals surface area contributed by atoms with E-state index in [1.807, 2.05) is 17.5 Å². The van der Waals surface area contributed by atoms with Crippen LogP contribution < -0.4 is 10.9 Å². The number of nitrogens with one attached hydrogen (secondary N) is 1. The van der Waals surface area contributed by atoms with Gasteiger partial charge in [-0.1, -0.05) is 6.07 Å². The summed E-state index contributed by atoms with van der Waals surface area (Å²) in [6.45, 7) is 1.78. The number of aromatic nitrogens is 2. The molecule has 0 radical (unpaired) electrons. The Labute approximate surface area is 151 Å². The lowest BCUT2D eigenvalue weighted by Crippen LogP contribution is -2.35. The summed E-state index contributed by atoms with van der Waals surface area (Å²) >= 11 is 1.50. The van der Waals surface area contributed by atoms with Gasteiger partial charge in [0.05, 0.1) is 16.5 Å². The second kappa shape index (κ2) is 7.57. The summed E-state index contributed by atoms with van der Waals surface area (Å²) in [6, 6.07) is 9.13. The number of nitrogens with zero attached hydrogens (tertiary/aromatic N) is 2. The highest BCUT2D eigenvalue weighted by atomic mass is 32.1. The van der Waals surface area contributed by atoms with Crippen LogP contribution in [0.15, 0.2) is 52.6 Å². The molecule has 0 saturated heterocycles. The van der Waals surface area contributed by atoms with Crippen LogP contribution in [0.1, 0.15) is 23.3 Å². The molecular formula is C18H15F2N3O2S. The standard InChI is InChI=1S/C18H15F2N3O2S/c1-11(10-21-18(25)13-5-4-12(19)9-14(13)20)23-17(24)7-6-15(22-23)16-3-2-8-26-16/h2-9,11H,10H2,1H3,(H,21,25). The largest absolute Gasteiger partial charge is 0.350 e. The third kappa shape index (κ3) is 3.85. The lowest BCUT2D eigenvalue weighted by molar-refractivity contribution is 0.0943. The van der Waals surface area contributed by atoms with Crippen LogP contribution in [0.4, 0.5) is 8.78 Å².